The molecule has 16 heavy (non-hydrogen) atoms. The fourth-order valence-electron chi connectivity index (χ4n) is 1.79. The zero-order chi connectivity index (χ0) is 11.4. The van der Waals surface area contributed by atoms with Gasteiger partial charge in [0.05, 0.1) is 6.20 Å². The Balaban J connectivity index is 1.90. The molecule has 2 rings (SSSR count). The molecule has 0 aliphatic carbocycles. The Morgan fingerprint density at radius 2 is 2.31 bits per heavy atom. The van der Waals surface area contributed by atoms with E-state index in [0.717, 1.165) is 13.1 Å². The Kier molecular flexibility index (Phi) is 4.21. The van der Waals surface area contributed by atoms with E-state index >= 15 is 0 Å². The molecule has 1 aliphatic heterocycles. The van der Waals surface area contributed by atoms with Crippen LogP contribution in [0.25, 0.3) is 0 Å². The molecule has 1 saturated heterocycles. The molecule has 0 unspecified atom stereocenters. The monoisotopic (exact) mass is 260 g/mol. The van der Waals surface area contributed by atoms with E-state index in [4.69, 9.17) is 23.2 Å². The minimum Gasteiger partial charge on any atom is -0.367 e. The standard InChI is InChI=1S/C10H14Cl2N4/c11-8-6-15-10(12)16-9(8)14-5-7-3-1-2-4-13-7/h6-7,13H,1-5H2,(H,14,15,16)/t7-/m1/s1. The van der Waals surface area contributed by atoms with Crippen LogP contribution in [-0.4, -0.2) is 29.1 Å². The lowest BCUT2D eigenvalue weighted by atomic mass is 10.1. The van der Waals surface area contributed by atoms with E-state index in [1.165, 1.54) is 25.5 Å². The van der Waals surface area contributed by atoms with Crippen molar-refractivity contribution in [1.82, 2.24) is 15.3 Å². The minimum absolute atomic E-state index is 0.212. The zero-order valence-electron chi connectivity index (χ0n) is 8.84. The van der Waals surface area contributed by atoms with Gasteiger partial charge >= 0.3 is 0 Å². The second-order valence-corrected chi connectivity index (χ2v) is 4.61. The lowest BCUT2D eigenvalue weighted by Crippen LogP contribution is -2.39. The van der Waals surface area contributed by atoms with Gasteiger partial charge in [0.15, 0.2) is 0 Å². The number of nitrogens with zero attached hydrogens (tertiary/aromatic N) is 2. The van der Waals surface area contributed by atoms with Crippen LogP contribution in [0.5, 0.6) is 0 Å². The topological polar surface area (TPSA) is 49.8 Å². The summed E-state index contributed by atoms with van der Waals surface area (Å²) >= 11 is 11.6. The minimum atomic E-state index is 0.212. The Bertz CT molecular complexity index is 353. The van der Waals surface area contributed by atoms with Crippen LogP contribution in [-0.2, 0) is 0 Å². The number of halogens is 2. The average Bonchev–Trinajstić information content (AvgIpc) is 2.32. The van der Waals surface area contributed by atoms with E-state index in [2.05, 4.69) is 20.6 Å². The van der Waals surface area contributed by atoms with Crippen LogP contribution in [0.1, 0.15) is 19.3 Å². The van der Waals surface area contributed by atoms with Crippen molar-refractivity contribution in [3.63, 3.8) is 0 Å². The van der Waals surface area contributed by atoms with Gasteiger partial charge in [-0.1, -0.05) is 18.0 Å². The molecule has 0 aromatic carbocycles. The third-order valence-electron chi connectivity index (χ3n) is 2.64. The summed E-state index contributed by atoms with van der Waals surface area (Å²) < 4.78 is 0. The number of hydrogen-bond donors (Lipinski definition) is 2. The maximum Gasteiger partial charge on any atom is 0.224 e. The number of rotatable bonds is 3. The molecule has 0 amide bonds. The molecule has 0 spiro atoms. The number of nitrogens with one attached hydrogen (secondary N) is 2. The third-order valence-corrected chi connectivity index (χ3v) is 3.10. The normalized spacial score (nSPS) is 20.8. The number of anilines is 1. The van der Waals surface area contributed by atoms with Crippen LogP contribution in [0, 0.1) is 0 Å². The predicted octanol–water partition coefficient (Wildman–Crippen LogP) is 2.34. The van der Waals surface area contributed by atoms with Gasteiger partial charge in [0, 0.05) is 12.6 Å². The predicted molar refractivity (Wildman–Crippen MR) is 66.2 cm³/mol. The largest absolute Gasteiger partial charge is 0.367 e. The van der Waals surface area contributed by atoms with Gasteiger partial charge in [-0.05, 0) is 31.0 Å². The van der Waals surface area contributed by atoms with Crippen molar-refractivity contribution >= 4 is 29.0 Å². The first-order valence-electron chi connectivity index (χ1n) is 5.41. The number of aromatic nitrogens is 2. The van der Waals surface area contributed by atoms with Crippen molar-refractivity contribution in [2.24, 2.45) is 0 Å². The van der Waals surface area contributed by atoms with Gasteiger partial charge in [-0.3, -0.25) is 0 Å². The second kappa shape index (κ2) is 5.66. The smallest absolute Gasteiger partial charge is 0.224 e. The molecule has 2 heterocycles. The van der Waals surface area contributed by atoms with Gasteiger partial charge in [-0.15, -0.1) is 0 Å². The molecule has 1 aromatic rings. The van der Waals surface area contributed by atoms with Crippen LogP contribution < -0.4 is 10.6 Å². The molecule has 0 bridgehead atoms. The van der Waals surface area contributed by atoms with Crippen LogP contribution in [0.2, 0.25) is 10.3 Å². The molecule has 1 fully saturated rings. The molecule has 1 aliphatic rings. The van der Waals surface area contributed by atoms with Crippen molar-refractivity contribution in [3.8, 4) is 0 Å². The van der Waals surface area contributed by atoms with Gasteiger partial charge in [0.1, 0.15) is 10.8 Å². The van der Waals surface area contributed by atoms with Gasteiger partial charge in [0.25, 0.3) is 0 Å². The van der Waals surface area contributed by atoms with E-state index in [-0.39, 0.29) is 5.28 Å². The summed E-state index contributed by atoms with van der Waals surface area (Å²) in [4.78, 5) is 7.84. The highest BCUT2D eigenvalue weighted by molar-refractivity contribution is 6.33. The Hall–Kier alpha value is -0.580. The maximum atomic E-state index is 5.95. The highest BCUT2D eigenvalue weighted by atomic mass is 35.5. The summed E-state index contributed by atoms with van der Waals surface area (Å²) in [5, 5.41) is 7.35. The molecule has 6 heteroatoms. The summed E-state index contributed by atoms with van der Waals surface area (Å²) in [6.07, 6.45) is 5.23. The number of hydrogen-bond acceptors (Lipinski definition) is 4. The SMILES string of the molecule is Clc1ncc(Cl)c(NC[C@H]2CCCCN2)n1. The fourth-order valence-corrected chi connectivity index (χ4v) is 2.08. The fraction of sp³-hybridized carbons (Fsp3) is 0.600. The molecule has 1 aromatic heterocycles. The second-order valence-electron chi connectivity index (χ2n) is 3.86. The maximum absolute atomic E-state index is 5.95. The van der Waals surface area contributed by atoms with Gasteiger partial charge in [-0.25, -0.2) is 4.98 Å². The van der Waals surface area contributed by atoms with E-state index in [1.54, 1.807) is 0 Å². The lowest BCUT2D eigenvalue weighted by molar-refractivity contribution is 0.414. The van der Waals surface area contributed by atoms with Crippen molar-refractivity contribution in [2.75, 3.05) is 18.4 Å². The van der Waals surface area contributed by atoms with E-state index in [1.807, 2.05) is 0 Å². The van der Waals surface area contributed by atoms with Crippen molar-refractivity contribution in [3.05, 3.63) is 16.5 Å². The van der Waals surface area contributed by atoms with Crippen LogP contribution in [0.3, 0.4) is 0 Å². The van der Waals surface area contributed by atoms with Gasteiger partial charge in [0.2, 0.25) is 5.28 Å². The van der Waals surface area contributed by atoms with E-state index < -0.39 is 0 Å². The Morgan fingerprint density at radius 3 is 3.06 bits per heavy atom. The Morgan fingerprint density at radius 1 is 1.44 bits per heavy atom. The van der Waals surface area contributed by atoms with Crippen molar-refractivity contribution in [1.29, 1.82) is 0 Å². The van der Waals surface area contributed by atoms with Crippen LogP contribution in [0.4, 0.5) is 5.82 Å². The molecule has 88 valence electrons. The van der Waals surface area contributed by atoms with Crippen molar-refractivity contribution < 1.29 is 0 Å². The zero-order valence-corrected chi connectivity index (χ0v) is 10.4. The molecule has 4 nitrogen and oxygen atoms in total. The first-order valence-corrected chi connectivity index (χ1v) is 6.16. The summed E-state index contributed by atoms with van der Waals surface area (Å²) in [6.45, 7) is 1.90. The Labute approximate surface area is 105 Å². The highest BCUT2D eigenvalue weighted by Crippen LogP contribution is 2.19. The van der Waals surface area contributed by atoms with Crippen LogP contribution >= 0.6 is 23.2 Å². The van der Waals surface area contributed by atoms with Gasteiger partial charge < -0.3 is 10.6 Å². The van der Waals surface area contributed by atoms with Gasteiger partial charge in [-0.2, -0.15) is 4.98 Å². The summed E-state index contributed by atoms with van der Waals surface area (Å²) in [6, 6.07) is 0.485. The lowest BCUT2D eigenvalue weighted by Gasteiger charge is -2.23. The van der Waals surface area contributed by atoms with Crippen LogP contribution in [0.15, 0.2) is 6.20 Å². The summed E-state index contributed by atoms with van der Waals surface area (Å²) in [7, 11) is 0. The molecule has 2 N–H and O–H groups in total. The van der Waals surface area contributed by atoms with E-state index in [0.29, 0.717) is 16.9 Å². The number of piperidine rings is 1. The summed E-state index contributed by atoms with van der Waals surface area (Å²) in [5.41, 5.74) is 0. The average molecular weight is 261 g/mol. The molecule has 0 saturated carbocycles. The first kappa shape index (κ1) is 11.9. The van der Waals surface area contributed by atoms with Crippen molar-refractivity contribution in [2.45, 2.75) is 25.3 Å². The molecule has 1 atom stereocenters. The molecular weight excluding hydrogens is 247 g/mol. The first-order chi connectivity index (χ1) is 7.75. The summed E-state index contributed by atoms with van der Waals surface area (Å²) in [5.74, 6) is 0.606. The third kappa shape index (κ3) is 3.20. The highest BCUT2D eigenvalue weighted by Gasteiger charge is 2.13. The quantitative estimate of drug-likeness (QED) is 0.820. The van der Waals surface area contributed by atoms with E-state index in [9.17, 15) is 0 Å². The molecular formula is C10H14Cl2N4. The molecule has 0 radical (unpaired) electrons.